The normalized spacial score (nSPS) is 11.7. The van der Waals surface area contributed by atoms with Gasteiger partial charge in [-0.3, -0.25) is 4.79 Å². The Hall–Kier alpha value is -3.58. The SMILES string of the molecule is COc1ccc(C(NC(=O)c2ccc(Sc3ccccn3)cc2)c2nccn2C)cc1. The van der Waals surface area contributed by atoms with Gasteiger partial charge < -0.3 is 14.6 Å². The van der Waals surface area contributed by atoms with Gasteiger partial charge in [0.15, 0.2) is 0 Å². The minimum absolute atomic E-state index is 0.168. The van der Waals surface area contributed by atoms with Gasteiger partial charge in [-0.25, -0.2) is 9.97 Å². The fourth-order valence-corrected chi connectivity index (χ4v) is 3.94. The van der Waals surface area contributed by atoms with E-state index in [9.17, 15) is 4.79 Å². The molecule has 31 heavy (non-hydrogen) atoms. The standard InChI is InChI=1S/C24H22N4O2S/c1-28-16-15-26-23(28)22(17-6-10-19(30-2)11-7-17)27-24(29)18-8-12-20(13-9-18)31-21-5-3-4-14-25-21/h3-16,22H,1-2H3,(H,27,29). The minimum atomic E-state index is -0.388. The van der Waals surface area contributed by atoms with E-state index in [4.69, 9.17) is 4.74 Å². The fraction of sp³-hybridized carbons (Fsp3) is 0.125. The highest BCUT2D eigenvalue weighted by Crippen LogP contribution is 2.27. The van der Waals surface area contributed by atoms with E-state index in [2.05, 4.69) is 15.3 Å². The number of nitrogens with one attached hydrogen (secondary N) is 1. The molecule has 7 heteroatoms. The average Bonchev–Trinajstić information content (AvgIpc) is 3.24. The number of nitrogens with zero attached hydrogens (tertiary/aromatic N) is 3. The van der Waals surface area contributed by atoms with Crippen LogP contribution in [0.5, 0.6) is 5.75 Å². The first-order chi connectivity index (χ1) is 15.1. The maximum Gasteiger partial charge on any atom is 0.252 e. The zero-order valence-corrected chi connectivity index (χ0v) is 18.0. The van der Waals surface area contributed by atoms with Crippen LogP contribution in [-0.4, -0.2) is 27.6 Å². The van der Waals surface area contributed by atoms with Gasteiger partial charge in [0.2, 0.25) is 0 Å². The molecule has 2 heterocycles. The summed E-state index contributed by atoms with van der Waals surface area (Å²) in [5, 5.41) is 4.03. The summed E-state index contributed by atoms with van der Waals surface area (Å²) >= 11 is 1.55. The predicted molar refractivity (Wildman–Crippen MR) is 120 cm³/mol. The molecule has 2 aromatic heterocycles. The Morgan fingerprint density at radius 1 is 1.00 bits per heavy atom. The molecular formula is C24H22N4O2S. The smallest absolute Gasteiger partial charge is 0.252 e. The second-order valence-electron chi connectivity index (χ2n) is 6.87. The lowest BCUT2D eigenvalue weighted by molar-refractivity contribution is 0.0941. The van der Waals surface area contributed by atoms with E-state index in [0.717, 1.165) is 27.1 Å². The van der Waals surface area contributed by atoms with E-state index in [1.807, 2.05) is 84.5 Å². The van der Waals surface area contributed by atoms with Crippen LogP contribution in [0.3, 0.4) is 0 Å². The van der Waals surface area contributed by atoms with Crippen molar-refractivity contribution in [3.8, 4) is 5.75 Å². The molecule has 0 saturated heterocycles. The van der Waals surface area contributed by atoms with Gasteiger partial charge in [0.1, 0.15) is 22.6 Å². The maximum absolute atomic E-state index is 13.0. The monoisotopic (exact) mass is 430 g/mol. The third-order valence-corrected chi connectivity index (χ3v) is 5.78. The van der Waals surface area contributed by atoms with Crippen LogP contribution >= 0.6 is 11.8 Å². The molecule has 1 amide bonds. The summed E-state index contributed by atoms with van der Waals surface area (Å²) in [6.45, 7) is 0. The number of aromatic nitrogens is 3. The van der Waals surface area contributed by atoms with Crippen molar-refractivity contribution in [2.45, 2.75) is 16.0 Å². The van der Waals surface area contributed by atoms with E-state index in [1.165, 1.54) is 0 Å². The van der Waals surface area contributed by atoms with Crippen molar-refractivity contribution in [3.63, 3.8) is 0 Å². The molecule has 1 unspecified atom stereocenters. The number of amides is 1. The summed E-state index contributed by atoms with van der Waals surface area (Å²) in [6.07, 6.45) is 5.35. The highest BCUT2D eigenvalue weighted by atomic mass is 32.2. The van der Waals surface area contributed by atoms with E-state index in [-0.39, 0.29) is 11.9 Å². The molecule has 0 aliphatic heterocycles. The number of aryl methyl sites for hydroxylation is 1. The Morgan fingerprint density at radius 3 is 2.39 bits per heavy atom. The molecule has 0 aliphatic rings. The summed E-state index contributed by atoms with van der Waals surface area (Å²) in [6, 6.07) is 20.5. The summed E-state index contributed by atoms with van der Waals surface area (Å²) in [5.74, 6) is 1.34. The lowest BCUT2D eigenvalue weighted by Crippen LogP contribution is -2.31. The molecule has 1 N–H and O–H groups in total. The van der Waals surface area contributed by atoms with Crippen LogP contribution in [0, 0.1) is 0 Å². The quantitative estimate of drug-likeness (QED) is 0.468. The number of imidazole rings is 1. The lowest BCUT2D eigenvalue weighted by Gasteiger charge is -2.19. The highest BCUT2D eigenvalue weighted by molar-refractivity contribution is 7.99. The second-order valence-corrected chi connectivity index (χ2v) is 7.96. The topological polar surface area (TPSA) is 69.0 Å². The molecule has 0 spiro atoms. The van der Waals surface area contributed by atoms with Crippen LogP contribution in [0.2, 0.25) is 0 Å². The van der Waals surface area contributed by atoms with Crippen LogP contribution in [0.1, 0.15) is 27.8 Å². The van der Waals surface area contributed by atoms with E-state index in [0.29, 0.717) is 5.56 Å². The molecule has 6 nitrogen and oxygen atoms in total. The van der Waals surface area contributed by atoms with Crippen LogP contribution < -0.4 is 10.1 Å². The summed E-state index contributed by atoms with van der Waals surface area (Å²) in [4.78, 5) is 22.8. The van der Waals surface area contributed by atoms with Gasteiger partial charge in [0, 0.05) is 36.1 Å². The number of hydrogen-bond donors (Lipinski definition) is 1. The molecule has 0 fully saturated rings. The van der Waals surface area contributed by atoms with Crippen molar-refractivity contribution in [1.82, 2.24) is 19.9 Å². The molecule has 0 aliphatic carbocycles. The number of benzene rings is 2. The van der Waals surface area contributed by atoms with Crippen molar-refractivity contribution in [1.29, 1.82) is 0 Å². The number of methoxy groups -OCH3 is 1. The Kier molecular flexibility index (Phi) is 6.33. The van der Waals surface area contributed by atoms with Crippen molar-refractivity contribution >= 4 is 17.7 Å². The average molecular weight is 431 g/mol. The number of carbonyl (C=O) groups excluding carboxylic acids is 1. The van der Waals surface area contributed by atoms with Crippen molar-refractivity contribution in [2.75, 3.05) is 7.11 Å². The highest BCUT2D eigenvalue weighted by Gasteiger charge is 2.21. The molecule has 2 aromatic carbocycles. The first kappa shape index (κ1) is 20.7. The molecule has 0 radical (unpaired) electrons. The van der Waals surface area contributed by atoms with Crippen LogP contribution in [0.25, 0.3) is 0 Å². The van der Waals surface area contributed by atoms with E-state index in [1.54, 1.807) is 31.3 Å². The van der Waals surface area contributed by atoms with E-state index >= 15 is 0 Å². The largest absolute Gasteiger partial charge is 0.497 e. The maximum atomic E-state index is 13.0. The van der Waals surface area contributed by atoms with Gasteiger partial charge in [-0.15, -0.1) is 0 Å². The first-order valence-corrected chi connectivity index (χ1v) is 10.6. The first-order valence-electron chi connectivity index (χ1n) is 9.75. The van der Waals surface area contributed by atoms with Gasteiger partial charge >= 0.3 is 0 Å². The molecule has 156 valence electrons. The van der Waals surface area contributed by atoms with Gasteiger partial charge in [-0.2, -0.15) is 0 Å². The molecule has 1 atom stereocenters. The number of hydrogen-bond acceptors (Lipinski definition) is 5. The van der Waals surface area contributed by atoms with Crippen LogP contribution in [-0.2, 0) is 7.05 Å². The van der Waals surface area contributed by atoms with Crippen LogP contribution in [0.4, 0.5) is 0 Å². The third-order valence-electron chi connectivity index (χ3n) is 4.82. The van der Waals surface area contributed by atoms with Crippen molar-refractivity contribution < 1.29 is 9.53 Å². The fourth-order valence-electron chi connectivity index (χ4n) is 3.17. The Bertz CT molecular complexity index is 1140. The number of rotatable bonds is 7. The van der Waals surface area contributed by atoms with E-state index < -0.39 is 0 Å². The number of carbonyl (C=O) groups is 1. The zero-order valence-electron chi connectivity index (χ0n) is 17.2. The zero-order chi connectivity index (χ0) is 21.6. The van der Waals surface area contributed by atoms with Gasteiger partial charge in [-0.05, 0) is 54.1 Å². The number of ether oxygens (including phenoxy) is 1. The third kappa shape index (κ3) is 4.95. The summed E-state index contributed by atoms with van der Waals surface area (Å²) in [5.41, 5.74) is 1.50. The van der Waals surface area contributed by atoms with Gasteiger partial charge in [0.05, 0.1) is 7.11 Å². The summed E-state index contributed by atoms with van der Waals surface area (Å²) < 4.78 is 7.16. The predicted octanol–water partition coefficient (Wildman–Crippen LogP) is 4.49. The van der Waals surface area contributed by atoms with Crippen molar-refractivity contribution in [3.05, 3.63) is 102 Å². The molecule has 4 rings (SSSR count). The Balaban J connectivity index is 1.53. The summed E-state index contributed by atoms with van der Waals surface area (Å²) in [7, 11) is 3.54. The molecular weight excluding hydrogens is 408 g/mol. The van der Waals surface area contributed by atoms with Gasteiger partial charge in [0.25, 0.3) is 5.91 Å². The van der Waals surface area contributed by atoms with Gasteiger partial charge in [-0.1, -0.05) is 30.0 Å². The lowest BCUT2D eigenvalue weighted by atomic mass is 10.0. The van der Waals surface area contributed by atoms with Crippen molar-refractivity contribution in [2.24, 2.45) is 7.05 Å². The second kappa shape index (κ2) is 9.49. The number of pyridine rings is 1. The molecule has 4 aromatic rings. The minimum Gasteiger partial charge on any atom is -0.497 e. The van der Waals surface area contributed by atoms with Crippen LogP contribution in [0.15, 0.2) is 95.2 Å². The molecule has 0 saturated carbocycles. The Morgan fingerprint density at radius 2 is 1.77 bits per heavy atom. The molecule has 0 bridgehead atoms. The Labute approximate surface area is 185 Å².